The molecule has 0 bridgehead atoms. The summed E-state index contributed by atoms with van der Waals surface area (Å²) in [6.07, 6.45) is 3.37. The summed E-state index contributed by atoms with van der Waals surface area (Å²) in [6, 6.07) is 8.76. The van der Waals surface area contributed by atoms with Gasteiger partial charge >= 0.3 is 11.9 Å². The first-order valence-electron chi connectivity index (χ1n) is 7.69. The summed E-state index contributed by atoms with van der Waals surface area (Å²) in [5.41, 5.74) is 0.482. The van der Waals surface area contributed by atoms with Crippen LogP contribution in [0.15, 0.2) is 42.5 Å². The molecule has 0 spiro atoms. The summed E-state index contributed by atoms with van der Waals surface area (Å²) in [5, 5.41) is 0. The van der Waals surface area contributed by atoms with Crippen LogP contribution < -0.4 is 0 Å². The van der Waals surface area contributed by atoms with Gasteiger partial charge in [-0.25, -0.2) is 4.79 Å². The summed E-state index contributed by atoms with van der Waals surface area (Å²) in [4.78, 5) is 34.9. The summed E-state index contributed by atoms with van der Waals surface area (Å²) >= 11 is 0. The molecule has 0 N–H and O–H groups in total. The van der Waals surface area contributed by atoms with Crippen molar-refractivity contribution in [2.45, 2.75) is 32.0 Å². The smallest absolute Gasteiger partial charge is 0.338 e. The van der Waals surface area contributed by atoms with Crippen molar-refractivity contribution in [3.8, 4) is 0 Å². The lowest BCUT2D eigenvalue weighted by molar-refractivity contribution is -0.141. The number of carbonyl (C=O) groups is 3. The predicted molar refractivity (Wildman–Crippen MR) is 81.6 cm³/mol. The third-order valence-electron chi connectivity index (χ3n) is 4.37. The van der Waals surface area contributed by atoms with Crippen molar-refractivity contribution in [3.05, 3.63) is 48.0 Å². The van der Waals surface area contributed by atoms with Gasteiger partial charge in [0.2, 0.25) is 0 Å². The summed E-state index contributed by atoms with van der Waals surface area (Å²) in [5.74, 6) is -0.918. The number of allylic oxidation sites excluding steroid dienone is 1. The van der Waals surface area contributed by atoms with Gasteiger partial charge in [-0.05, 0) is 25.1 Å². The van der Waals surface area contributed by atoms with Crippen LogP contribution in [0.25, 0.3) is 0 Å². The summed E-state index contributed by atoms with van der Waals surface area (Å²) < 4.78 is 10.9. The van der Waals surface area contributed by atoms with E-state index in [0.717, 1.165) is 0 Å². The van der Waals surface area contributed by atoms with Crippen LogP contribution in [-0.2, 0) is 19.1 Å². The van der Waals surface area contributed by atoms with Gasteiger partial charge in [0.1, 0.15) is 12.2 Å². The Morgan fingerprint density at radius 3 is 2.70 bits per heavy atom. The van der Waals surface area contributed by atoms with Gasteiger partial charge in [0, 0.05) is 18.3 Å². The van der Waals surface area contributed by atoms with E-state index in [-0.39, 0.29) is 35.8 Å². The van der Waals surface area contributed by atoms with Gasteiger partial charge in [-0.1, -0.05) is 24.3 Å². The van der Waals surface area contributed by atoms with Gasteiger partial charge in [0.15, 0.2) is 5.78 Å². The van der Waals surface area contributed by atoms with Gasteiger partial charge in [-0.15, -0.1) is 0 Å². The van der Waals surface area contributed by atoms with Crippen LogP contribution in [0, 0.1) is 11.8 Å². The van der Waals surface area contributed by atoms with E-state index in [0.29, 0.717) is 18.4 Å². The Labute approximate surface area is 134 Å². The average Bonchev–Trinajstić information content (AvgIpc) is 3.02. The topological polar surface area (TPSA) is 69.7 Å². The quantitative estimate of drug-likeness (QED) is 0.630. The molecule has 5 nitrogen and oxygen atoms in total. The van der Waals surface area contributed by atoms with Crippen LogP contribution >= 0.6 is 0 Å². The number of rotatable bonds is 4. The molecule has 1 aromatic carbocycles. The number of ether oxygens (including phenoxy) is 2. The SMILES string of the molecule is CC(=O)/C=C/[C@H]1[C@@H]2CC(=O)O[C@@H]2C[C@H]1OC(=O)c1ccccc1. The molecule has 4 atom stereocenters. The Bertz CT molecular complexity index is 649. The molecule has 1 aromatic rings. The van der Waals surface area contributed by atoms with Crippen molar-refractivity contribution < 1.29 is 23.9 Å². The van der Waals surface area contributed by atoms with Crippen LogP contribution in [0.3, 0.4) is 0 Å². The first-order valence-corrected chi connectivity index (χ1v) is 7.69. The predicted octanol–water partition coefficient (Wildman–Crippen LogP) is 2.31. The molecule has 0 amide bonds. The maximum Gasteiger partial charge on any atom is 0.338 e. The molecule has 5 heteroatoms. The highest BCUT2D eigenvalue weighted by Crippen LogP contribution is 2.43. The van der Waals surface area contributed by atoms with Crippen molar-refractivity contribution >= 4 is 17.7 Å². The minimum atomic E-state index is -0.400. The van der Waals surface area contributed by atoms with Crippen molar-refractivity contribution in [1.29, 1.82) is 0 Å². The van der Waals surface area contributed by atoms with E-state index in [9.17, 15) is 14.4 Å². The van der Waals surface area contributed by atoms with Gasteiger partial charge < -0.3 is 9.47 Å². The van der Waals surface area contributed by atoms with E-state index in [1.54, 1.807) is 30.3 Å². The minimum absolute atomic E-state index is 0.0355. The Balaban J connectivity index is 1.76. The average molecular weight is 314 g/mol. The number of ketones is 1. The van der Waals surface area contributed by atoms with E-state index < -0.39 is 5.97 Å². The fourth-order valence-corrected chi connectivity index (χ4v) is 3.32. The fourth-order valence-electron chi connectivity index (χ4n) is 3.32. The van der Waals surface area contributed by atoms with Crippen molar-refractivity contribution in [3.63, 3.8) is 0 Å². The van der Waals surface area contributed by atoms with Crippen LogP contribution in [0.5, 0.6) is 0 Å². The van der Waals surface area contributed by atoms with Gasteiger partial charge in [-0.3, -0.25) is 9.59 Å². The van der Waals surface area contributed by atoms with Gasteiger partial charge in [-0.2, -0.15) is 0 Å². The zero-order chi connectivity index (χ0) is 16.4. The lowest BCUT2D eigenvalue weighted by atomic mass is 9.91. The molecular weight excluding hydrogens is 296 g/mol. The zero-order valence-corrected chi connectivity index (χ0v) is 12.8. The highest BCUT2D eigenvalue weighted by atomic mass is 16.6. The Hall–Kier alpha value is -2.43. The van der Waals surface area contributed by atoms with E-state index >= 15 is 0 Å². The molecule has 0 aromatic heterocycles. The number of esters is 2. The van der Waals surface area contributed by atoms with Crippen molar-refractivity contribution in [1.82, 2.24) is 0 Å². The lowest BCUT2D eigenvalue weighted by Crippen LogP contribution is -2.24. The normalized spacial score (nSPS) is 29.3. The Morgan fingerprint density at radius 1 is 1.26 bits per heavy atom. The number of benzene rings is 1. The Morgan fingerprint density at radius 2 is 2.00 bits per heavy atom. The second-order valence-electron chi connectivity index (χ2n) is 5.99. The third-order valence-corrected chi connectivity index (χ3v) is 4.37. The van der Waals surface area contributed by atoms with Gasteiger partial charge in [0.25, 0.3) is 0 Å². The highest BCUT2D eigenvalue weighted by molar-refractivity contribution is 5.89. The molecule has 0 radical (unpaired) electrons. The second kappa shape index (κ2) is 6.36. The summed E-state index contributed by atoms with van der Waals surface area (Å²) in [6.45, 7) is 1.46. The highest BCUT2D eigenvalue weighted by Gasteiger charge is 2.50. The maximum atomic E-state index is 12.2. The molecule has 1 aliphatic heterocycles. The number of hydrogen-bond acceptors (Lipinski definition) is 5. The largest absolute Gasteiger partial charge is 0.462 e. The van der Waals surface area contributed by atoms with Crippen LogP contribution in [0.1, 0.15) is 30.1 Å². The molecule has 2 fully saturated rings. The van der Waals surface area contributed by atoms with E-state index in [1.165, 1.54) is 13.0 Å². The van der Waals surface area contributed by atoms with Crippen LogP contribution in [0.4, 0.5) is 0 Å². The zero-order valence-electron chi connectivity index (χ0n) is 12.8. The maximum absolute atomic E-state index is 12.2. The second-order valence-corrected chi connectivity index (χ2v) is 5.99. The van der Waals surface area contributed by atoms with Gasteiger partial charge in [0.05, 0.1) is 12.0 Å². The van der Waals surface area contributed by atoms with E-state index in [2.05, 4.69) is 0 Å². The molecule has 1 aliphatic carbocycles. The molecule has 1 heterocycles. The minimum Gasteiger partial charge on any atom is -0.462 e. The van der Waals surface area contributed by atoms with Crippen LogP contribution in [0.2, 0.25) is 0 Å². The van der Waals surface area contributed by atoms with E-state index in [4.69, 9.17) is 9.47 Å². The fraction of sp³-hybridized carbons (Fsp3) is 0.389. The molecule has 1 saturated heterocycles. The molecule has 3 rings (SSSR count). The third kappa shape index (κ3) is 3.33. The number of carbonyl (C=O) groups excluding carboxylic acids is 3. The van der Waals surface area contributed by atoms with Crippen LogP contribution in [-0.4, -0.2) is 29.9 Å². The molecule has 1 saturated carbocycles. The monoisotopic (exact) mass is 314 g/mol. The molecule has 23 heavy (non-hydrogen) atoms. The first kappa shape index (κ1) is 15.5. The van der Waals surface area contributed by atoms with Crippen molar-refractivity contribution in [2.24, 2.45) is 11.8 Å². The molecule has 120 valence electrons. The standard InChI is InChI=1S/C18H18O5/c1-11(19)7-8-13-14-9-17(20)22-16(14)10-15(13)23-18(21)12-5-3-2-4-6-12/h2-8,13-16H,9-10H2,1H3/b8-7+/t13-,14-,15+,16+/m0/s1. The number of hydrogen-bond donors (Lipinski definition) is 0. The number of fused-ring (bicyclic) bond motifs is 1. The molecule has 0 unspecified atom stereocenters. The summed E-state index contributed by atoms with van der Waals surface area (Å²) in [7, 11) is 0. The Kier molecular flexibility index (Phi) is 4.28. The molecular formula is C18H18O5. The lowest BCUT2D eigenvalue weighted by Gasteiger charge is -2.20. The van der Waals surface area contributed by atoms with E-state index in [1.807, 2.05) is 6.07 Å². The first-order chi connectivity index (χ1) is 11.0. The molecule has 2 aliphatic rings. The van der Waals surface area contributed by atoms with Crippen molar-refractivity contribution in [2.75, 3.05) is 0 Å².